The molecule has 0 saturated heterocycles. The van der Waals surface area contributed by atoms with Crippen molar-refractivity contribution in [2.75, 3.05) is 18.4 Å². The third-order valence-electron chi connectivity index (χ3n) is 2.43. The van der Waals surface area contributed by atoms with Crippen molar-refractivity contribution in [2.24, 2.45) is 0 Å². The van der Waals surface area contributed by atoms with Crippen molar-refractivity contribution in [3.05, 3.63) is 47.0 Å². The summed E-state index contributed by atoms with van der Waals surface area (Å²) in [7, 11) is 0. The number of nitrogens with one attached hydrogen (secondary N) is 2. The molecule has 1 aromatic carbocycles. The maximum Gasteiger partial charge on any atom is 0.269 e. The Kier molecular flexibility index (Phi) is 6.08. The lowest BCUT2D eigenvalue weighted by atomic mass is 10.2. The normalized spacial score (nSPS) is 9.68. The number of rotatable bonds is 8. The van der Waals surface area contributed by atoms with Crippen molar-refractivity contribution in [3.8, 4) is 0 Å². The van der Waals surface area contributed by atoms with Crippen molar-refractivity contribution in [1.29, 1.82) is 0 Å². The van der Waals surface area contributed by atoms with Crippen molar-refractivity contribution >= 4 is 17.3 Å². The average molecular weight is 263 g/mol. The number of amides is 1. The molecule has 6 nitrogen and oxygen atoms in total. The summed E-state index contributed by atoms with van der Waals surface area (Å²) in [5.41, 5.74) is 0.867. The Bertz CT molecular complexity index is 443. The van der Waals surface area contributed by atoms with Gasteiger partial charge in [0.15, 0.2) is 0 Å². The fourth-order valence-electron chi connectivity index (χ4n) is 1.46. The highest BCUT2D eigenvalue weighted by atomic mass is 16.6. The first-order chi connectivity index (χ1) is 9.13. The van der Waals surface area contributed by atoms with Gasteiger partial charge < -0.3 is 10.6 Å². The van der Waals surface area contributed by atoms with Gasteiger partial charge in [-0.05, 0) is 18.6 Å². The van der Waals surface area contributed by atoms with E-state index in [1.54, 1.807) is 18.2 Å². The minimum Gasteiger partial charge on any atom is -0.385 e. The van der Waals surface area contributed by atoms with E-state index in [4.69, 9.17) is 0 Å². The smallest absolute Gasteiger partial charge is 0.269 e. The third kappa shape index (κ3) is 5.67. The molecule has 6 heteroatoms. The molecule has 0 fully saturated rings. The predicted molar refractivity (Wildman–Crippen MR) is 74.0 cm³/mol. The molecule has 0 aromatic heterocycles. The summed E-state index contributed by atoms with van der Waals surface area (Å²) < 4.78 is 0. The molecular formula is C13H17N3O3. The number of nitrogens with zero attached hydrogens (tertiary/aromatic N) is 1. The molecule has 0 saturated carbocycles. The van der Waals surface area contributed by atoms with Crippen LogP contribution in [0.1, 0.15) is 12.8 Å². The van der Waals surface area contributed by atoms with E-state index in [0.717, 1.165) is 5.69 Å². The van der Waals surface area contributed by atoms with Gasteiger partial charge in [0.1, 0.15) is 0 Å². The van der Waals surface area contributed by atoms with Gasteiger partial charge in [0.05, 0.1) is 4.92 Å². The number of carbonyl (C=O) groups excluding carboxylic acids is 1. The zero-order valence-corrected chi connectivity index (χ0v) is 10.6. The second-order valence-electron chi connectivity index (χ2n) is 3.93. The van der Waals surface area contributed by atoms with Crippen LogP contribution in [0.3, 0.4) is 0 Å². The fraction of sp³-hybridized carbons (Fsp3) is 0.308. The predicted octanol–water partition coefficient (Wildman–Crippen LogP) is 2.09. The van der Waals surface area contributed by atoms with Crippen LogP contribution in [0.15, 0.2) is 36.9 Å². The number of hydrogen-bond donors (Lipinski definition) is 2. The third-order valence-corrected chi connectivity index (χ3v) is 2.43. The lowest BCUT2D eigenvalue weighted by Gasteiger charge is -2.06. The second kappa shape index (κ2) is 7.86. The van der Waals surface area contributed by atoms with Gasteiger partial charge >= 0.3 is 0 Å². The van der Waals surface area contributed by atoms with E-state index in [-0.39, 0.29) is 11.6 Å². The number of nitro groups is 1. The number of hydrogen-bond acceptors (Lipinski definition) is 4. The summed E-state index contributed by atoms with van der Waals surface area (Å²) in [4.78, 5) is 21.3. The summed E-state index contributed by atoms with van der Waals surface area (Å²) in [6.45, 7) is 4.63. The van der Waals surface area contributed by atoms with Crippen LogP contribution in [0, 0.1) is 10.1 Å². The molecule has 0 heterocycles. The Morgan fingerprint density at radius 3 is 2.63 bits per heavy atom. The number of benzene rings is 1. The van der Waals surface area contributed by atoms with Gasteiger partial charge in [0, 0.05) is 37.3 Å². The maximum absolute atomic E-state index is 11.3. The minimum atomic E-state index is -0.437. The Labute approximate surface area is 111 Å². The van der Waals surface area contributed by atoms with Crippen LogP contribution < -0.4 is 10.6 Å². The number of carbonyl (C=O) groups is 1. The zero-order valence-electron chi connectivity index (χ0n) is 10.6. The standard InChI is InChI=1S/C13H17N3O3/c1-2-9-15-13(17)4-3-10-14-11-5-7-12(8-6-11)16(18)19/h2,5-8,14H,1,3-4,9-10H2,(H,15,17). The van der Waals surface area contributed by atoms with Crippen molar-refractivity contribution in [3.63, 3.8) is 0 Å². The van der Waals surface area contributed by atoms with E-state index >= 15 is 0 Å². The highest BCUT2D eigenvalue weighted by Crippen LogP contribution is 2.15. The van der Waals surface area contributed by atoms with Gasteiger partial charge in [-0.25, -0.2) is 0 Å². The van der Waals surface area contributed by atoms with Gasteiger partial charge in [-0.1, -0.05) is 6.08 Å². The zero-order chi connectivity index (χ0) is 14.1. The first-order valence-corrected chi connectivity index (χ1v) is 5.99. The second-order valence-corrected chi connectivity index (χ2v) is 3.93. The molecule has 0 aliphatic heterocycles. The monoisotopic (exact) mass is 263 g/mol. The fourth-order valence-corrected chi connectivity index (χ4v) is 1.46. The van der Waals surface area contributed by atoms with Gasteiger partial charge in [0.25, 0.3) is 5.69 Å². The molecule has 0 spiro atoms. The molecular weight excluding hydrogens is 246 g/mol. The Morgan fingerprint density at radius 1 is 1.37 bits per heavy atom. The summed E-state index contributed by atoms with van der Waals surface area (Å²) in [5.74, 6) is -0.00889. The molecule has 102 valence electrons. The molecule has 0 unspecified atom stereocenters. The van der Waals surface area contributed by atoms with E-state index in [1.807, 2.05) is 0 Å². The molecule has 0 aliphatic carbocycles. The highest BCUT2D eigenvalue weighted by molar-refractivity contribution is 5.76. The highest BCUT2D eigenvalue weighted by Gasteiger charge is 2.03. The average Bonchev–Trinajstić information content (AvgIpc) is 2.41. The minimum absolute atomic E-state index is 0.00889. The lowest BCUT2D eigenvalue weighted by Crippen LogP contribution is -2.23. The van der Waals surface area contributed by atoms with Crippen molar-refractivity contribution < 1.29 is 9.72 Å². The van der Waals surface area contributed by atoms with Gasteiger partial charge in [-0.2, -0.15) is 0 Å². The van der Waals surface area contributed by atoms with Crippen molar-refractivity contribution in [1.82, 2.24) is 5.32 Å². The molecule has 2 N–H and O–H groups in total. The number of non-ortho nitro benzene ring substituents is 1. The lowest BCUT2D eigenvalue weighted by molar-refractivity contribution is -0.384. The molecule has 0 bridgehead atoms. The molecule has 0 aliphatic rings. The molecule has 0 radical (unpaired) electrons. The van der Waals surface area contributed by atoms with Crippen LogP contribution in [-0.2, 0) is 4.79 Å². The van der Waals surface area contributed by atoms with Crippen LogP contribution in [-0.4, -0.2) is 23.9 Å². The summed E-state index contributed by atoms with van der Waals surface area (Å²) in [6, 6.07) is 6.18. The largest absolute Gasteiger partial charge is 0.385 e. The van der Waals surface area contributed by atoms with E-state index < -0.39 is 4.92 Å². The molecule has 1 rings (SSSR count). The van der Waals surface area contributed by atoms with E-state index in [2.05, 4.69) is 17.2 Å². The topological polar surface area (TPSA) is 84.3 Å². The summed E-state index contributed by atoms with van der Waals surface area (Å²) in [5, 5.41) is 16.3. The number of anilines is 1. The molecule has 1 aromatic rings. The molecule has 19 heavy (non-hydrogen) atoms. The summed E-state index contributed by atoms with van der Waals surface area (Å²) in [6.07, 6.45) is 2.76. The Balaban J connectivity index is 2.24. The van der Waals surface area contributed by atoms with Crippen LogP contribution in [0.5, 0.6) is 0 Å². The molecule has 1 amide bonds. The first-order valence-electron chi connectivity index (χ1n) is 5.99. The van der Waals surface area contributed by atoms with Gasteiger partial charge in [-0.15, -0.1) is 6.58 Å². The van der Waals surface area contributed by atoms with Crippen LogP contribution in [0.4, 0.5) is 11.4 Å². The van der Waals surface area contributed by atoms with Crippen LogP contribution >= 0.6 is 0 Å². The van der Waals surface area contributed by atoms with E-state index in [0.29, 0.717) is 25.9 Å². The molecule has 0 atom stereocenters. The van der Waals surface area contributed by atoms with E-state index in [1.165, 1.54) is 12.1 Å². The van der Waals surface area contributed by atoms with Gasteiger partial charge in [-0.3, -0.25) is 14.9 Å². The Morgan fingerprint density at radius 2 is 2.05 bits per heavy atom. The van der Waals surface area contributed by atoms with E-state index in [9.17, 15) is 14.9 Å². The summed E-state index contributed by atoms with van der Waals surface area (Å²) >= 11 is 0. The maximum atomic E-state index is 11.3. The van der Waals surface area contributed by atoms with Crippen LogP contribution in [0.2, 0.25) is 0 Å². The SMILES string of the molecule is C=CCNC(=O)CCCNc1ccc([N+](=O)[O-])cc1. The van der Waals surface area contributed by atoms with Crippen molar-refractivity contribution in [2.45, 2.75) is 12.8 Å². The quantitative estimate of drug-likeness (QED) is 0.325. The Hall–Kier alpha value is -2.37. The number of nitro benzene ring substituents is 1. The van der Waals surface area contributed by atoms with Gasteiger partial charge in [0.2, 0.25) is 5.91 Å². The first kappa shape index (κ1) is 14.7. The van der Waals surface area contributed by atoms with Crippen LogP contribution in [0.25, 0.3) is 0 Å².